The lowest BCUT2D eigenvalue weighted by Crippen LogP contribution is -2.00. The summed E-state index contributed by atoms with van der Waals surface area (Å²) in [6.45, 7) is 5.32. The van der Waals surface area contributed by atoms with Crippen LogP contribution in [0.2, 0.25) is 0 Å². The molecular formula is C16H17BrN2O2. The largest absolute Gasteiger partial charge is 0.294 e. The molecule has 0 aliphatic carbocycles. The van der Waals surface area contributed by atoms with Crippen molar-refractivity contribution >= 4 is 27.5 Å². The zero-order valence-electron chi connectivity index (χ0n) is 12.3. The molecule has 0 radical (unpaired) electrons. The SMILES string of the molecule is CC(=O)c1ccc(C)nc1.Cc1ccc(C(=O)CBr)cn1. The normalized spacial score (nSPS) is 9.52. The van der Waals surface area contributed by atoms with Gasteiger partial charge < -0.3 is 0 Å². The van der Waals surface area contributed by atoms with Gasteiger partial charge in [-0.2, -0.15) is 0 Å². The van der Waals surface area contributed by atoms with Gasteiger partial charge in [-0.3, -0.25) is 19.6 Å². The Bertz CT molecular complexity index is 607. The average molecular weight is 349 g/mol. The van der Waals surface area contributed by atoms with E-state index in [4.69, 9.17) is 0 Å². The lowest BCUT2D eigenvalue weighted by atomic mass is 10.2. The van der Waals surface area contributed by atoms with Gasteiger partial charge in [0.15, 0.2) is 11.6 Å². The monoisotopic (exact) mass is 348 g/mol. The van der Waals surface area contributed by atoms with Crippen molar-refractivity contribution in [1.29, 1.82) is 0 Å². The molecule has 0 aliphatic heterocycles. The number of halogens is 1. The van der Waals surface area contributed by atoms with Crippen LogP contribution in [0, 0.1) is 13.8 Å². The summed E-state index contributed by atoms with van der Waals surface area (Å²) in [6.07, 6.45) is 3.19. The molecule has 2 aromatic heterocycles. The summed E-state index contributed by atoms with van der Waals surface area (Å²) >= 11 is 3.09. The van der Waals surface area contributed by atoms with Gasteiger partial charge in [-0.05, 0) is 45.0 Å². The molecule has 0 amide bonds. The molecule has 5 heteroatoms. The Balaban J connectivity index is 0.000000211. The number of alkyl halides is 1. The van der Waals surface area contributed by atoms with Gasteiger partial charge in [0, 0.05) is 34.9 Å². The lowest BCUT2D eigenvalue weighted by molar-refractivity contribution is 0.101. The molecule has 2 rings (SSSR count). The number of ketones is 2. The molecule has 0 bridgehead atoms. The predicted octanol–water partition coefficient (Wildman–Crippen LogP) is 3.56. The van der Waals surface area contributed by atoms with Crippen LogP contribution in [0.3, 0.4) is 0 Å². The van der Waals surface area contributed by atoms with Gasteiger partial charge >= 0.3 is 0 Å². The molecular weight excluding hydrogens is 332 g/mol. The summed E-state index contributed by atoms with van der Waals surface area (Å²) in [5.74, 6) is 0.130. The Morgan fingerprint density at radius 2 is 1.43 bits per heavy atom. The van der Waals surface area contributed by atoms with Crippen LogP contribution in [0.5, 0.6) is 0 Å². The Hall–Kier alpha value is -1.88. The van der Waals surface area contributed by atoms with Crippen molar-refractivity contribution in [2.24, 2.45) is 0 Å². The van der Waals surface area contributed by atoms with E-state index >= 15 is 0 Å². The Kier molecular flexibility index (Phi) is 6.88. The number of pyridine rings is 2. The van der Waals surface area contributed by atoms with Crippen molar-refractivity contribution < 1.29 is 9.59 Å². The molecule has 0 spiro atoms. The zero-order chi connectivity index (χ0) is 15.8. The smallest absolute Gasteiger partial charge is 0.174 e. The molecule has 0 fully saturated rings. The number of Topliss-reactive ketones (excluding diaryl/α,β-unsaturated/α-hetero) is 2. The van der Waals surface area contributed by atoms with Crippen molar-refractivity contribution in [2.45, 2.75) is 20.8 Å². The van der Waals surface area contributed by atoms with E-state index in [1.165, 1.54) is 6.92 Å². The third kappa shape index (κ3) is 5.95. The van der Waals surface area contributed by atoms with Crippen LogP contribution in [0.15, 0.2) is 36.7 Å². The Morgan fingerprint density at radius 1 is 0.952 bits per heavy atom. The van der Waals surface area contributed by atoms with Crippen molar-refractivity contribution in [3.63, 3.8) is 0 Å². The minimum atomic E-state index is 0.0625. The lowest BCUT2D eigenvalue weighted by Gasteiger charge is -1.95. The first-order valence-corrected chi connectivity index (χ1v) is 7.51. The van der Waals surface area contributed by atoms with E-state index in [0.29, 0.717) is 16.5 Å². The first-order valence-electron chi connectivity index (χ1n) is 6.39. The average Bonchev–Trinajstić information content (AvgIpc) is 2.48. The molecule has 2 aromatic rings. The van der Waals surface area contributed by atoms with Gasteiger partial charge in [0.2, 0.25) is 0 Å². The van der Waals surface area contributed by atoms with E-state index in [1.807, 2.05) is 26.0 Å². The fourth-order valence-corrected chi connectivity index (χ4v) is 1.71. The van der Waals surface area contributed by atoms with Crippen LogP contribution in [0.25, 0.3) is 0 Å². The molecule has 0 aliphatic rings. The second-order valence-corrected chi connectivity index (χ2v) is 5.05. The molecule has 0 saturated heterocycles. The topological polar surface area (TPSA) is 59.9 Å². The van der Waals surface area contributed by atoms with E-state index in [9.17, 15) is 9.59 Å². The number of rotatable bonds is 3. The molecule has 0 unspecified atom stereocenters. The van der Waals surface area contributed by atoms with Crippen LogP contribution in [-0.2, 0) is 0 Å². The van der Waals surface area contributed by atoms with Crippen molar-refractivity contribution in [1.82, 2.24) is 9.97 Å². The molecule has 4 nitrogen and oxygen atoms in total. The highest BCUT2D eigenvalue weighted by molar-refractivity contribution is 9.09. The molecule has 0 aromatic carbocycles. The van der Waals surface area contributed by atoms with E-state index in [1.54, 1.807) is 24.5 Å². The number of carbonyl (C=O) groups is 2. The number of carbonyl (C=O) groups excluding carboxylic acids is 2. The van der Waals surface area contributed by atoms with Gasteiger partial charge in [-0.15, -0.1) is 0 Å². The van der Waals surface area contributed by atoms with Crippen molar-refractivity contribution in [3.8, 4) is 0 Å². The van der Waals surface area contributed by atoms with Gasteiger partial charge in [0.05, 0.1) is 5.33 Å². The van der Waals surface area contributed by atoms with Crippen LogP contribution >= 0.6 is 15.9 Å². The van der Waals surface area contributed by atoms with Crippen molar-refractivity contribution in [2.75, 3.05) is 5.33 Å². The molecule has 0 N–H and O–H groups in total. The predicted molar refractivity (Wildman–Crippen MR) is 86.1 cm³/mol. The summed E-state index contributed by atoms with van der Waals surface area (Å²) in [7, 11) is 0. The summed E-state index contributed by atoms with van der Waals surface area (Å²) in [4.78, 5) is 29.7. The Morgan fingerprint density at radius 3 is 1.76 bits per heavy atom. The fraction of sp³-hybridized carbons (Fsp3) is 0.250. The second-order valence-electron chi connectivity index (χ2n) is 4.49. The summed E-state index contributed by atoms with van der Waals surface area (Å²) in [5, 5.41) is 0.359. The Labute approximate surface area is 132 Å². The highest BCUT2D eigenvalue weighted by Crippen LogP contribution is 2.02. The number of hydrogen-bond donors (Lipinski definition) is 0. The highest BCUT2D eigenvalue weighted by Gasteiger charge is 2.02. The molecule has 0 atom stereocenters. The van der Waals surface area contributed by atoms with Crippen LogP contribution in [-0.4, -0.2) is 26.9 Å². The number of nitrogens with zero attached hydrogens (tertiary/aromatic N) is 2. The van der Waals surface area contributed by atoms with E-state index < -0.39 is 0 Å². The molecule has 2 heterocycles. The molecule has 110 valence electrons. The van der Waals surface area contributed by atoms with Gasteiger partial charge in [-0.1, -0.05) is 15.9 Å². The summed E-state index contributed by atoms with van der Waals surface area (Å²) in [5.41, 5.74) is 3.19. The first-order chi connectivity index (χ1) is 9.93. The van der Waals surface area contributed by atoms with Gasteiger partial charge in [-0.25, -0.2) is 0 Å². The fourth-order valence-electron chi connectivity index (χ4n) is 1.39. The van der Waals surface area contributed by atoms with E-state index in [2.05, 4.69) is 25.9 Å². The quantitative estimate of drug-likeness (QED) is 0.628. The van der Waals surface area contributed by atoms with Crippen LogP contribution in [0.4, 0.5) is 0 Å². The highest BCUT2D eigenvalue weighted by atomic mass is 79.9. The minimum Gasteiger partial charge on any atom is -0.294 e. The third-order valence-electron chi connectivity index (χ3n) is 2.67. The van der Waals surface area contributed by atoms with E-state index in [0.717, 1.165) is 11.4 Å². The number of aromatic nitrogens is 2. The summed E-state index contributed by atoms with van der Waals surface area (Å²) in [6, 6.07) is 7.23. The molecule has 21 heavy (non-hydrogen) atoms. The third-order valence-corrected chi connectivity index (χ3v) is 3.18. The van der Waals surface area contributed by atoms with Crippen LogP contribution < -0.4 is 0 Å². The van der Waals surface area contributed by atoms with Crippen molar-refractivity contribution in [3.05, 3.63) is 59.2 Å². The summed E-state index contributed by atoms with van der Waals surface area (Å²) < 4.78 is 0. The van der Waals surface area contributed by atoms with Gasteiger partial charge in [0.25, 0.3) is 0 Å². The maximum atomic E-state index is 11.0. The van der Waals surface area contributed by atoms with Crippen LogP contribution in [0.1, 0.15) is 39.0 Å². The number of hydrogen-bond acceptors (Lipinski definition) is 4. The zero-order valence-corrected chi connectivity index (χ0v) is 13.8. The molecule has 0 saturated carbocycles. The first kappa shape index (κ1) is 17.2. The minimum absolute atomic E-state index is 0.0625. The number of aryl methyl sites for hydroxylation is 2. The second kappa shape index (κ2) is 8.42. The van der Waals surface area contributed by atoms with E-state index in [-0.39, 0.29) is 11.6 Å². The van der Waals surface area contributed by atoms with Gasteiger partial charge in [0.1, 0.15) is 0 Å². The maximum absolute atomic E-state index is 11.0. The maximum Gasteiger partial charge on any atom is 0.174 e. The standard InChI is InChI=1S/C8H8BrNO.C8H9NO/c1-6-2-3-7(5-10-6)8(11)4-9;1-6-3-4-8(5-9-6)7(2)10/h2-3,5H,4H2,1H3;3-5H,1-2H3.